The summed E-state index contributed by atoms with van der Waals surface area (Å²) < 4.78 is 5.80. The Balaban J connectivity index is 1.39. The molecule has 3 rings (SSSR count). The lowest BCUT2D eigenvalue weighted by molar-refractivity contribution is 0.322. The second-order valence-corrected chi connectivity index (χ2v) is 5.80. The van der Waals surface area contributed by atoms with Gasteiger partial charge in [0.15, 0.2) is 0 Å². The van der Waals surface area contributed by atoms with Crippen molar-refractivity contribution in [3.63, 3.8) is 0 Å². The van der Waals surface area contributed by atoms with Gasteiger partial charge in [-0.3, -0.25) is 0 Å². The molecule has 0 saturated heterocycles. The fraction of sp³-hybridized carbons (Fsp3) is 0.368. The molecule has 1 aliphatic rings. The third kappa shape index (κ3) is 4.91. The minimum atomic E-state index is 0.725. The van der Waals surface area contributed by atoms with Gasteiger partial charge in [-0.15, -0.1) is 0 Å². The second kappa shape index (κ2) is 7.28. The summed E-state index contributed by atoms with van der Waals surface area (Å²) in [5, 5.41) is 3.51. The molecule has 0 aliphatic heterocycles. The van der Waals surface area contributed by atoms with Crippen LogP contribution >= 0.6 is 0 Å². The molecule has 1 fully saturated rings. The Morgan fingerprint density at radius 3 is 2.38 bits per heavy atom. The molecule has 0 bridgehead atoms. The monoisotopic (exact) mass is 281 g/mol. The number of rotatable bonds is 8. The maximum Gasteiger partial charge on any atom is 0.119 e. The van der Waals surface area contributed by atoms with E-state index in [2.05, 4.69) is 53.8 Å². The predicted octanol–water partition coefficient (Wildman–Crippen LogP) is 3.81. The summed E-state index contributed by atoms with van der Waals surface area (Å²) in [5.41, 5.74) is 2.64. The summed E-state index contributed by atoms with van der Waals surface area (Å²) in [6.07, 6.45) is 3.76. The van der Waals surface area contributed by atoms with Gasteiger partial charge >= 0.3 is 0 Å². The van der Waals surface area contributed by atoms with Crippen molar-refractivity contribution in [1.82, 2.24) is 5.32 Å². The largest absolute Gasteiger partial charge is 0.493 e. The fourth-order valence-electron chi connectivity index (χ4n) is 2.38. The Labute approximate surface area is 127 Å². The van der Waals surface area contributed by atoms with Crippen molar-refractivity contribution < 1.29 is 4.74 Å². The minimum absolute atomic E-state index is 0.725. The fourth-order valence-corrected chi connectivity index (χ4v) is 2.38. The number of hydrogen-bond acceptors (Lipinski definition) is 2. The van der Waals surface area contributed by atoms with Gasteiger partial charge < -0.3 is 10.1 Å². The third-order valence-corrected chi connectivity index (χ3v) is 3.88. The van der Waals surface area contributed by atoms with Crippen molar-refractivity contribution in [3.05, 3.63) is 65.7 Å². The first-order valence-electron chi connectivity index (χ1n) is 7.86. The molecule has 2 aromatic carbocycles. The van der Waals surface area contributed by atoms with Gasteiger partial charge in [0, 0.05) is 13.0 Å². The Hall–Kier alpha value is -1.80. The van der Waals surface area contributed by atoms with Crippen LogP contribution in [0.25, 0.3) is 0 Å². The van der Waals surface area contributed by atoms with E-state index in [0.29, 0.717) is 0 Å². The van der Waals surface area contributed by atoms with Gasteiger partial charge in [-0.25, -0.2) is 0 Å². The average Bonchev–Trinajstić information content (AvgIpc) is 3.34. The SMILES string of the molecule is c1ccc(CCOc2ccc(CNCC3CC3)cc2)cc1. The van der Waals surface area contributed by atoms with Crippen LogP contribution in [0.5, 0.6) is 5.75 Å². The van der Waals surface area contributed by atoms with Crippen LogP contribution in [0.15, 0.2) is 54.6 Å². The topological polar surface area (TPSA) is 21.3 Å². The van der Waals surface area contributed by atoms with Gasteiger partial charge in [0.1, 0.15) is 5.75 Å². The van der Waals surface area contributed by atoms with Gasteiger partial charge in [0.25, 0.3) is 0 Å². The highest BCUT2D eigenvalue weighted by molar-refractivity contribution is 5.27. The van der Waals surface area contributed by atoms with Crippen molar-refractivity contribution in [2.24, 2.45) is 5.92 Å². The van der Waals surface area contributed by atoms with Crippen LogP contribution in [-0.2, 0) is 13.0 Å². The van der Waals surface area contributed by atoms with Crippen LogP contribution in [-0.4, -0.2) is 13.2 Å². The molecule has 0 amide bonds. The highest BCUT2D eigenvalue weighted by Crippen LogP contribution is 2.27. The van der Waals surface area contributed by atoms with E-state index in [4.69, 9.17) is 4.74 Å². The van der Waals surface area contributed by atoms with Gasteiger partial charge in [-0.1, -0.05) is 42.5 Å². The Bertz CT molecular complexity index is 531. The quantitative estimate of drug-likeness (QED) is 0.794. The van der Waals surface area contributed by atoms with Crippen LogP contribution in [0.4, 0.5) is 0 Å². The third-order valence-electron chi connectivity index (χ3n) is 3.88. The molecule has 2 aromatic rings. The number of nitrogens with one attached hydrogen (secondary N) is 1. The zero-order valence-electron chi connectivity index (χ0n) is 12.4. The zero-order chi connectivity index (χ0) is 14.3. The normalized spacial score (nSPS) is 14.1. The van der Waals surface area contributed by atoms with E-state index < -0.39 is 0 Å². The summed E-state index contributed by atoms with van der Waals surface area (Å²) in [6.45, 7) is 2.85. The lowest BCUT2D eigenvalue weighted by Gasteiger charge is -2.08. The molecule has 110 valence electrons. The Morgan fingerprint density at radius 1 is 0.905 bits per heavy atom. The van der Waals surface area contributed by atoms with Crippen molar-refractivity contribution in [1.29, 1.82) is 0 Å². The van der Waals surface area contributed by atoms with E-state index in [9.17, 15) is 0 Å². The van der Waals surface area contributed by atoms with Crippen molar-refractivity contribution in [2.75, 3.05) is 13.2 Å². The van der Waals surface area contributed by atoms with Crippen LogP contribution in [0.2, 0.25) is 0 Å². The summed E-state index contributed by atoms with van der Waals surface area (Å²) in [7, 11) is 0. The first kappa shape index (κ1) is 14.2. The average molecular weight is 281 g/mol. The van der Waals surface area contributed by atoms with Gasteiger partial charge in [-0.2, -0.15) is 0 Å². The van der Waals surface area contributed by atoms with Crippen LogP contribution < -0.4 is 10.1 Å². The second-order valence-electron chi connectivity index (χ2n) is 5.80. The molecule has 0 heterocycles. The lowest BCUT2D eigenvalue weighted by Crippen LogP contribution is -2.15. The molecule has 0 atom stereocenters. The standard InChI is InChI=1S/C19H23NO/c1-2-4-16(5-3-1)12-13-21-19-10-8-18(9-11-19)15-20-14-17-6-7-17/h1-5,8-11,17,20H,6-7,12-15H2. The highest BCUT2D eigenvalue weighted by atomic mass is 16.5. The van der Waals surface area contributed by atoms with E-state index in [1.807, 2.05) is 6.07 Å². The molecule has 1 saturated carbocycles. The van der Waals surface area contributed by atoms with Crippen molar-refractivity contribution in [2.45, 2.75) is 25.8 Å². The Kier molecular flexibility index (Phi) is 4.90. The Morgan fingerprint density at radius 2 is 1.67 bits per heavy atom. The van der Waals surface area contributed by atoms with Gasteiger partial charge in [0.05, 0.1) is 6.61 Å². The van der Waals surface area contributed by atoms with E-state index in [0.717, 1.165) is 37.8 Å². The maximum absolute atomic E-state index is 5.80. The molecule has 0 unspecified atom stereocenters. The molecule has 1 aliphatic carbocycles. The minimum Gasteiger partial charge on any atom is -0.493 e. The van der Waals surface area contributed by atoms with Crippen molar-refractivity contribution in [3.8, 4) is 5.75 Å². The van der Waals surface area contributed by atoms with E-state index in [-0.39, 0.29) is 0 Å². The first-order valence-corrected chi connectivity index (χ1v) is 7.86. The molecule has 0 aromatic heterocycles. The zero-order valence-corrected chi connectivity index (χ0v) is 12.4. The smallest absolute Gasteiger partial charge is 0.119 e. The van der Waals surface area contributed by atoms with E-state index in [1.165, 1.54) is 24.0 Å². The summed E-state index contributed by atoms with van der Waals surface area (Å²) in [6, 6.07) is 18.9. The summed E-state index contributed by atoms with van der Waals surface area (Å²) >= 11 is 0. The number of benzene rings is 2. The molecule has 0 spiro atoms. The van der Waals surface area contributed by atoms with Crippen LogP contribution in [0.1, 0.15) is 24.0 Å². The molecule has 0 radical (unpaired) electrons. The van der Waals surface area contributed by atoms with Gasteiger partial charge in [0.2, 0.25) is 0 Å². The molecular formula is C19H23NO. The summed E-state index contributed by atoms with van der Waals surface area (Å²) in [5.74, 6) is 1.89. The van der Waals surface area contributed by atoms with Crippen LogP contribution in [0.3, 0.4) is 0 Å². The molecular weight excluding hydrogens is 258 g/mol. The van der Waals surface area contributed by atoms with Gasteiger partial charge in [-0.05, 0) is 48.6 Å². The van der Waals surface area contributed by atoms with E-state index in [1.54, 1.807) is 0 Å². The molecule has 1 N–H and O–H groups in total. The maximum atomic E-state index is 5.80. The predicted molar refractivity (Wildman–Crippen MR) is 86.5 cm³/mol. The highest BCUT2D eigenvalue weighted by Gasteiger charge is 2.19. The van der Waals surface area contributed by atoms with Crippen LogP contribution in [0, 0.1) is 5.92 Å². The van der Waals surface area contributed by atoms with Crippen molar-refractivity contribution >= 4 is 0 Å². The molecule has 2 heteroatoms. The number of ether oxygens (including phenoxy) is 1. The number of hydrogen-bond donors (Lipinski definition) is 1. The lowest BCUT2D eigenvalue weighted by atomic mass is 10.2. The first-order chi connectivity index (χ1) is 10.4. The summed E-state index contributed by atoms with van der Waals surface area (Å²) in [4.78, 5) is 0. The van der Waals surface area contributed by atoms with E-state index >= 15 is 0 Å². The molecule has 21 heavy (non-hydrogen) atoms. The molecule has 2 nitrogen and oxygen atoms in total.